The van der Waals surface area contributed by atoms with Gasteiger partial charge in [-0.2, -0.15) is 0 Å². The summed E-state index contributed by atoms with van der Waals surface area (Å²) < 4.78 is 0. The van der Waals surface area contributed by atoms with Crippen LogP contribution in [-0.4, -0.2) is 37.0 Å². The normalized spacial score (nSPS) is 24.9. The summed E-state index contributed by atoms with van der Waals surface area (Å²) in [6.07, 6.45) is 7.09. The average molecular weight is 208 g/mol. The Morgan fingerprint density at radius 1 is 1.60 bits per heavy atom. The highest BCUT2D eigenvalue weighted by molar-refractivity contribution is 5.83. The highest BCUT2D eigenvalue weighted by Crippen LogP contribution is 2.31. The Bertz CT molecular complexity index is 261. The van der Waals surface area contributed by atoms with Crippen LogP contribution < -0.4 is 5.32 Å². The Kier molecular flexibility index (Phi) is 4.16. The summed E-state index contributed by atoms with van der Waals surface area (Å²) in [5.41, 5.74) is -0.202. The minimum absolute atomic E-state index is 0.202. The Morgan fingerprint density at radius 2 is 2.33 bits per heavy atom. The van der Waals surface area contributed by atoms with Crippen molar-refractivity contribution in [2.45, 2.75) is 26.7 Å². The van der Waals surface area contributed by atoms with Crippen LogP contribution in [-0.2, 0) is 4.79 Å². The van der Waals surface area contributed by atoms with E-state index in [9.17, 15) is 4.79 Å². The zero-order valence-electron chi connectivity index (χ0n) is 9.68. The third kappa shape index (κ3) is 2.32. The van der Waals surface area contributed by atoms with Crippen LogP contribution in [0.15, 0.2) is 0 Å². The molecule has 0 saturated carbocycles. The fourth-order valence-electron chi connectivity index (χ4n) is 2.15. The topological polar surface area (TPSA) is 32.3 Å². The number of amides is 1. The van der Waals surface area contributed by atoms with Crippen molar-refractivity contribution in [2.75, 3.05) is 26.2 Å². The lowest BCUT2D eigenvalue weighted by Gasteiger charge is -2.31. The van der Waals surface area contributed by atoms with Crippen LogP contribution in [0, 0.1) is 17.8 Å². The van der Waals surface area contributed by atoms with Crippen molar-refractivity contribution in [3.05, 3.63) is 0 Å². The number of terminal acetylenes is 1. The van der Waals surface area contributed by atoms with Gasteiger partial charge in [-0.3, -0.25) is 4.79 Å². The molecule has 1 fully saturated rings. The number of carbonyl (C=O) groups is 1. The predicted molar refractivity (Wildman–Crippen MR) is 61.3 cm³/mol. The van der Waals surface area contributed by atoms with Crippen LogP contribution in [0.3, 0.4) is 0 Å². The Morgan fingerprint density at radius 3 is 2.73 bits per heavy atom. The molecule has 1 aliphatic rings. The van der Waals surface area contributed by atoms with Crippen LogP contribution in [0.1, 0.15) is 26.7 Å². The fraction of sp³-hybridized carbons (Fsp3) is 0.750. The second-order valence-electron chi connectivity index (χ2n) is 4.08. The molecular weight excluding hydrogens is 188 g/mol. The lowest BCUT2D eigenvalue weighted by Crippen LogP contribution is -2.45. The number of rotatable bonds is 4. The summed E-state index contributed by atoms with van der Waals surface area (Å²) in [6.45, 7) is 6.91. The van der Waals surface area contributed by atoms with Crippen LogP contribution >= 0.6 is 0 Å². The molecular formula is C12H20N2O. The summed E-state index contributed by atoms with van der Waals surface area (Å²) in [5, 5.41) is 3.27. The number of hydrogen-bond acceptors (Lipinski definition) is 2. The maximum Gasteiger partial charge on any atom is 0.230 e. The van der Waals surface area contributed by atoms with Crippen molar-refractivity contribution in [1.82, 2.24) is 10.2 Å². The van der Waals surface area contributed by atoms with Gasteiger partial charge in [-0.1, -0.05) is 12.8 Å². The van der Waals surface area contributed by atoms with Crippen LogP contribution in [0.5, 0.6) is 0 Å². The maximum absolute atomic E-state index is 12.3. The molecule has 3 nitrogen and oxygen atoms in total. The second-order valence-corrected chi connectivity index (χ2v) is 4.08. The van der Waals surface area contributed by atoms with E-state index in [0.29, 0.717) is 13.1 Å². The number of nitrogens with zero attached hydrogens (tertiary/aromatic N) is 1. The van der Waals surface area contributed by atoms with Gasteiger partial charge < -0.3 is 10.2 Å². The minimum Gasteiger partial charge on any atom is -0.331 e. The molecule has 1 aliphatic heterocycles. The van der Waals surface area contributed by atoms with Crippen LogP contribution in [0.2, 0.25) is 0 Å². The molecule has 0 aromatic carbocycles. The van der Waals surface area contributed by atoms with E-state index in [-0.39, 0.29) is 11.3 Å². The van der Waals surface area contributed by atoms with Crippen molar-refractivity contribution >= 4 is 5.91 Å². The SMILES string of the molecule is C#CCN(CC)C(=O)C1(CC)CCNC1. The number of carbonyl (C=O) groups excluding carboxylic acids is 1. The van der Waals surface area contributed by atoms with Gasteiger partial charge >= 0.3 is 0 Å². The van der Waals surface area contributed by atoms with Gasteiger partial charge in [0.15, 0.2) is 0 Å². The molecule has 0 aromatic heterocycles. The molecule has 1 N–H and O–H groups in total. The third-order valence-electron chi connectivity index (χ3n) is 3.33. The Hall–Kier alpha value is -1.01. The third-order valence-corrected chi connectivity index (χ3v) is 3.33. The first-order chi connectivity index (χ1) is 7.20. The van der Waals surface area contributed by atoms with E-state index in [1.54, 1.807) is 4.90 Å². The molecule has 0 aromatic rings. The van der Waals surface area contributed by atoms with E-state index >= 15 is 0 Å². The van der Waals surface area contributed by atoms with E-state index in [0.717, 1.165) is 25.9 Å². The summed E-state index contributed by atoms with van der Waals surface area (Å²) in [5.74, 6) is 2.77. The molecule has 1 amide bonds. The largest absolute Gasteiger partial charge is 0.331 e. The quantitative estimate of drug-likeness (QED) is 0.695. The molecule has 0 bridgehead atoms. The second kappa shape index (κ2) is 5.18. The zero-order valence-corrected chi connectivity index (χ0v) is 9.68. The first kappa shape index (κ1) is 12.1. The van der Waals surface area contributed by atoms with Crippen LogP contribution in [0.4, 0.5) is 0 Å². The van der Waals surface area contributed by atoms with E-state index in [1.807, 2.05) is 6.92 Å². The van der Waals surface area contributed by atoms with E-state index in [2.05, 4.69) is 18.2 Å². The zero-order chi connectivity index (χ0) is 11.3. The van der Waals surface area contributed by atoms with Gasteiger partial charge in [0.25, 0.3) is 0 Å². The number of hydrogen-bond donors (Lipinski definition) is 1. The molecule has 3 heteroatoms. The molecule has 1 saturated heterocycles. The first-order valence-corrected chi connectivity index (χ1v) is 5.63. The summed E-state index contributed by atoms with van der Waals surface area (Å²) >= 11 is 0. The van der Waals surface area contributed by atoms with Gasteiger partial charge in [-0.05, 0) is 26.3 Å². The smallest absolute Gasteiger partial charge is 0.230 e. The van der Waals surface area contributed by atoms with Gasteiger partial charge in [0.1, 0.15) is 0 Å². The Labute approximate surface area is 92.2 Å². The molecule has 1 heterocycles. The molecule has 1 unspecified atom stereocenters. The fourth-order valence-corrected chi connectivity index (χ4v) is 2.15. The molecule has 1 atom stereocenters. The van der Waals surface area contributed by atoms with Gasteiger partial charge in [-0.25, -0.2) is 0 Å². The van der Waals surface area contributed by atoms with Gasteiger partial charge in [0, 0.05) is 13.1 Å². The van der Waals surface area contributed by atoms with Crippen molar-refractivity contribution in [2.24, 2.45) is 5.41 Å². The molecule has 15 heavy (non-hydrogen) atoms. The average Bonchev–Trinajstić information content (AvgIpc) is 2.74. The van der Waals surface area contributed by atoms with Gasteiger partial charge in [0.05, 0.1) is 12.0 Å². The molecule has 0 radical (unpaired) electrons. The summed E-state index contributed by atoms with van der Waals surface area (Å²) in [7, 11) is 0. The molecule has 84 valence electrons. The van der Waals surface area contributed by atoms with Crippen LogP contribution in [0.25, 0.3) is 0 Å². The van der Waals surface area contributed by atoms with Gasteiger partial charge in [-0.15, -0.1) is 6.42 Å². The maximum atomic E-state index is 12.3. The molecule has 1 rings (SSSR count). The lowest BCUT2D eigenvalue weighted by atomic mass is 9.82. The van der Waals surface area contributed by atoms with Crippen molar-refractivity contribution in [3.8, 4) is 12.3 Å². The summed E-state index contributed by atoms with van der Waals surface area (Å²) in [4.78, 5) is 14.1. The van der Waals surface area contributed by atoms with Crippen molar-refractivity contribution < 1.29 is 4.79 Å². The van der Waals surface area contributed by atoms with E-state index < -0.39 is 0 Å². The highest BCUT2D eigenvalue weighted by Gasteiger charge is 2.41. The highest BCUT2D eigenvalue weighted by atomic mass is 16.2. The monoisotopic (exact) mass is 208 g/mol. The van der Waals surface area contributed by atoms with E-state index in [1.165, 1.54) is 0 Å². The summed E-state index contributed by atoms with van der Waals surface area (Å²) in [6, 6.07) is 0. The van der Waals surface area contributed by atoms with Gasteiger partial charge in [0.2, 0.25) is 5.91 Å². The molecule has 0 spiro atoms. The van der Waals surface area contributed by atoms with E-state index in [4.69, 9.17) is 6.42 Å². The predicted octanol–water partition coefficient (Wildman–Crippen LogP) is 0.858. The Balaban J connectivity index is 2.75. The lowest BCUT2D eigenvalue weighted by molar-refractivity contribution is -0.140. The molecule has 0 aliphatic carbocycles. The van der Waals surface area contributed by atoms with Crippen molar-refractivity contribution in [1.29, 1.82) is 0 Å². The first-order valence-electron chi connectivity index (χ1n) is 5.63. The minimum atomic E-state index is -0.202. The van der Waals surface area contributed by atoms with Crippen molar-refractivity contribution in [3.63, 3.8) is 0 Å². The standard InChI is InChI=1S/C12H20N2O/c1-4-9-14(6-3)11(15)12(5-2)7-8-13-10-12/h1,13H,5-10H2,2-3H3. The number of nitrogens with one attached hydrogen (secondary N) is 1.